The number of pyridine rings is 1. The molecule has 1 aliphatic rings. The third-order valence-corrected chi connectivity index (χ3v) is 4.99. The number of aliphatic imine (C=N–C) groups is 1. The molecule has 2 aromatic heterocycles. The Labute approximate surface area is 193 Å². The van der Waals surface area contributed by atoms with Crippen LogP contribution in [0.2, 0.25) is 0 Å². The minimum atomic E-state index is 0. The van der Waals surface area contributed by atoms with E-state index in [-0.39, 0.29) is 30.0 Å². The van der Waals surface area contributed by atoms with Crippen molar-refractivity contribution in [3.63, 3.8) is 0 Å². The highest BCUT2D eigenvalue weighted by Gasteiger charge is 2.22. The van der Waals surface area contributed by atoms with Gasteiger partial charge in [-0.25, -0.2) is 4.99 Å². The Bertz CT molecular complexity index is 990. The first-order valence-corrected chi connectivity index (χ1v) is 9.72. The molecule has 0 saturated heterocycles. The van der Waals surface area contributed by atoms with Crippen LogP contribution < -0.4 is 15.4 Å². The summed E-state index contributed by atoms with van der Waals surface area (Å²) in [7, 11) is 1.96. The van der Waals surface area contributed by atoms with Gasteiger partial charge in [0.2, 0.25) is 0 Å². The molecule has 1 atom stereocenters. The molecule has 0 radical (unpaired) electrons. The number of halogens is 1. The number of nitrogens with zero attached hydrogens (tertiary/aromatic N) is 5. The molecular weight excluding hydrogens is 493 g/mol. The number of para-hydroxylation sites is 1. The number of hydrogen-bond donors (Lipinski definition) is 2. The van der Waals surface area contributed by atoms with Crippen LogP contribution in [0.1, 0.15) is 35.4 Å². The molecule has 1 unspecified atom stereocenters. The van der Waals surface area contributed by atoms with E-state index in [1.807, 2.05) is 54.9 Å². The molecule has 3 heterocycles. The molecule has 0 bridgehead atoms. The van der Waals surface area contributed by atoms with Crippen LogP contribution >= 0.6 is 24.0 Å². The Hall–Kier alpha value is -2.69. The largest absolute Gasteiger partial charge is 0.493 e. The van der Waals surface area contributed by atoms with Crippen molar-refractivity contribution in [3.05, 3.63) is 71.6 Å². The zero-order valence-electron chi connectivity index (χ0n) is 17.1. The molecule has 8 nitrogen and oxygen atoms in total. The van der Waals surface area contributed by atoms with Crippen molar-refractivity contribution in [1.82, 2.24) is 30.4 Å². The van der Waals surface area contributed by atoms with E-state index in [0.717, 1.165) is 35.1 Å². The molecule has 4 rings (SSSR count). The summed E-state index contributed by atoms with van der Waals surface area (Å²) >= 11 is 0. The molecular formula is C21H26IN7O. The fourth-order valence-electron chi connectivity index (χ4n) is 3.23. The Balaban J connectivity index is 0.00000256. The molecule has 0 saturated carbocycles. The molecule has 0 amide bonds. The Morgan fingerprint density at radius 2 is 2.03 bits per heavy atom. The van der Waals surface area contributed by atoms with E-state index in [0.29, 0.717) is 25.7 Å². The van der Waals surface area contributed by atoms with Gasteiger partial charge in [0.05, 0.1) is 31.4 Å². The summed E-state index contributed by atoms with van der Waals surface area (Å²) in [6.45, 7) is 3.61. The lowest BCUT2D eigenvalue weighted by Crippen LogP contribution is -2.41. The van der Waals surface area contributed by atoms with Gasteiger partial charge in [-0.3, -0.25) is 4.98 Å². The minimum Gasteiger partial charge on any atom is -0.493 e. The van der Waals surface area contributed by atoms with Crippen molar-refractivity contribution in [3.8, 4) is 5.75 Å². The average Bonchev–Trinajstić information content (AvgIpc) is 3.08. The van der Waals surface area contributed by atoms with Gasteiger partial charge in [0.1, 0.15) is 11.6 Å². The van der Waals surface area contributed by atoms with Crippen molar-refractivity contribution >= 4 is 29.9 Å². The third-order valence-electron chi connectivity index (χ3n) is 4.99. The van der Waals surface area contributed by atoms with Crippen LogP contribution in [0, 0.1) is 6.92 Å². The van der Waals surface area contributed by atoms with Crippen LogP contribution in [0.4, 0.5) is 0 Å². The van der Waals surface area contributed by atoms with Gasteiger partial charge in [0, 0.05) is 25.2 Å². The van der Waals surface area contributed by atoms with Gasteiger partial charge in [-0.05, 0) is 25.1 Å². The van der Waals surface area contributed by atoms with Gasteiger partial charge >= 0.3 is 0 Å². The second-order valence-corrected chi connectivity index (χ2v) is 6.93. The van der Waals surface area contributed by atoms with Crippen LogP contribution in [-0.4, -0.2) is 32.3 Å². The molecule has 0 spiro atoms. The Kier molecular flexibility index (Phi) is 7.61. The smallest absolute Gasteiger partial charge is 0.192 e. The van der Waals surface area contributed by atoms with Gasteiger partial charge in [-0.15, -0.1) is 34.2 Å². The van der Waals surface area contributed by atoms with Crippen LogP contribution in [0.3, 0.4) is 0 Å². The monoisotopic (exact) mass is 519 g/mol. The number of hydrogen-bond acceptors (Lipinski definition) is 5. The van der Waals surface area contributed by atoms with E-state index >= 15 is 0 Å². The predicted molar refractivity (Wildman–Crippen MR) is 126 cm³/mol. The SMILES string of the molecule is Cc1nnc(CNC(=NCc2ccccn2)NC2CCOc3ccccc32)n1C.I. The molecule has 1 aromatic carbocycles. The first-order chi connectivity index (χ1) is 14.2. The Morgan fingerprint density at radius 1 is 1.20 bits per heavy atom. The molecule has 0 aliphatic carbocycles. The number of aromatic nitrogens is 4. The lowest BCUT2D eigenvalue weighted by molar-refractivity contribution is 0.261. The normalized spacial score (nSPS) is 15.5. The van der Waals surface area contributed by atoms with E-state index < -0.39 is 0 Å². The summed E-state index contributed by atoms with van der Waals surface area (Å²) in [5.41, 5.74) is 2.05. The molecule has 3 aromatic rings. The molecule has 1 aliphatic heterocycles. The highest BCUT2D eigenvalue weighted by Crippen LogP contribution is 2.31. The van der Waals surface area contributed by atoms with Crippen LogP contribution in [0.5, 0.6) is 5.75 Å². The van der Waals surface area contributed by atoms with Gasteiger partial charge in [0.15, 0.2) is 11.8 Å². The fourth-order valence-corrected chi connectivity index (χ4v) is 3.23. The summed E-state index contributed by atoms with van der Waals surface area (Å²) in [6.07, 6.45) is 2.65. The maximum absolute atomic E-state index is 5.78. The number of benzene rings is 1. The quantitative estimate of drug-likeness (QED) is 0.306. The summed E-state index contributed by atoms with van der Waals surface area (Å²) in [6, 6.07) is 14.1. The highest BCUT2D eigenvalue weighted by molar-refractivity contribution is 14.0. The second-order valence-electron chi connectivity index (χ2n) is 6.93. The van der Waals surface area contributed by atoms with Gasteiger partial charge in [-0.1, -0.05) is 24.3 Å². The predicted octanol–water partition coefficient (Wildman–Crippen LogP) is 2.90. The van der Waals surface area contributed by atoms with Gasteiger partial charge < -0.3 is 19.9 Å². The summed E-state index contributed by atoms with van der Waals surface area (Å²) < 4.78 is 7.75. The molecule has 9 heteroatoms. The van der Waals surface area contributed by atoms with E-state index in [1.54, 1.807) is 6.20 Å². The fraction of sp³-hybridized carbons (Fsp3) is 0.333. The number of aryl methyl sites for hydroxylation is 1. The molecule has 158 valence electrons. The Morgan fingerprint density at radius 3 is 2.80 bits per heavy atom. The van der Waals surface area contributed by atoms with Crippen LogP contribution in [0.15, 0.2) is 53.7 Å². The first-order valence-electron chi connectivity index (χ1n) is 9.72. The molecule has 2 N–H and O–H groups in total. The minimum absolute atomic E-state index is 0. The maximum atomic E-state index is 5.78. The lowest BCUT2D eigenvalue weighted by Gasteiger charge is -2.28. The van der Waals surface area contributed by atoms with Crippen molar-refractivity contribution < 1.29 is 4.74 Å². The van der Waals surface area contributed by atoms with Gasteiger partial charge in [0.25, 0.3) is 0 Å². The zero-order chi connectivity index (χ0) is 20.1. The van der Waals surface area contributed by atoms with E-state index in [1.165, 1.54) is 0 Å². The summed E-state index contributed by atoms with van der Waals surface area (Å²) in [4.78, 5) is 9.11. The van der Waals surface area contributed by atoms with Crippen LogP contribution in [-0.2, 0) is 20.1 Å². The van der Waals surface area contributed by atoms with Crippen molar-refractivity contribution in [2.45, 2.75) is 32.5 Å². The number of guanidine groups is 1. The summed E-state index contributed by atoms with van der Waals surface area (Å²) in [5.74, 6) is 3.35. The molecule has 0 fully saturated rings. The average molecular weight is 519 g/mol. The van der Waals surface area contributed by atoms with E-state index in [2.05, 4.69) is 31.9 Å². The number of rotatable bonds is 5. The van der Waals surface area contributed by atoms with E-state index in [4.69, 9.17) is 9.73 Å². The standard InChI is InChI=1S/C21H25N7O.HI/c1-15-26-27-20(28(15)2)14-24-21(23-13-16-7-5-6-11-22-16)25-18-10-12-29-19-9-4-3-8-17(18)19;/h3-9,11,18H,10,12-14H2,1-2H3,(H2,23,24,25);1H. The number of ether oxygens (including phenoxy) is 1. The van der Waals surface area contributed by atoms with Crippen molar-refractivity contribution in [1.29, 1.82) is 0 Å². The topological polar surface area (TPSA) is 89.2 Å². The summed E-state index contributed by atoms with van der Waals surface area (Å²) in [5, 5.41) is 15.3. The molecule has 30 heavy (non-hydrogen) atoms. The lowest BCUT2D eigenvalue weighted by atomic mass is 10.0. The highest BCUT2D eigenvalue weighted by atomic mass is 127. The van der Waals surface area contributed by atoms with Crippen molar-refractivity contribution in [2.24, 2.45) is 12.0 Å². The number of nitrogens with one attached hydrogen (secondary N) is 2. The second kappa shape index (κ2) is 10.4. The number of fused-ring (bicyclic) bond motifs is 1. The third kappa shape index (κ3) is 5.26. The van der Waals surface area contributed by atoms with Crippen molar-refractivity contribution in [2.75, 3.05) is 6.61 Å². The zero-order valence-corrected chi connectivity index (χ0v) is 19.4. The van der Waals surface area contributed by atoms with Crippen LogP contribution in [0.25, 0.3) is 0 Å². The van der Waals surface area contributed by atoms with Gasteiger partial charge in [-0.2, -0.15) is 0 Å². The first kappa shape index (κ1) is 22.0. The van der Waals surface area contributed by atoms with E-state index in [9.17, 15) is 0 Å². The maximum Gasteiger partial charge on any atom is 0.192 e.